The third kappa shape index (κ3) is 6.25. The highest BCUT2D eigenvalue weighted by molar-refractivity contribution is 7.97. The standard InChI is InChI=1S/C15H23NO4S/c1-15(2,3)7-10(14(18)19)8-16-13(17)12-6-5-11(20-12)9-21-4/h5-6,10H,7-9H2,1-4H3,(H,16,17)(H,18,19). The van der Waals surface area contributed by atoms with Gasteiger partial charge in [0.05, 0.1) is 11.7 Å². The molecule has 118 valence electrons. The lowest BCUT2D eigenvalue weighted by Gasteiger charge is -2.23. The average Bonchev–Trinajstić information content (AvgIpc) is 2.81. The summed E-state index contributed by atoms with van der Waals surface area (Å²) in [5, 5.41) is 11.9. The first kappa shape index (κ1) is 17.6. The van der Waals surface area contributed by atoms with Crippen LogP contribution in [0.4, 0.5) is 0 Å². The van der Waals surface area contributed by atoms with Gasteiger partial charge in [-0.2, -0.15) is 11.8 Å². The van der Waals surface area contributed by atoms with Crippen LogP contribution in [0.2, 0.25) is 0 Å². The van der Waals surface area contributed by atoms with Crippen molar-refractivity contribution in [2.45, 2.75) is 32.9 Å². The molecule has 21 heavy (non-hydrogen) atoms. The smallest absolute Gasteiger partial charge is 0.308 e. The molecule has 1 amide bonds. The number of carboxylic acids is 1. The van der Waals surface area contributed by atoms with Gasteiger partial charge < -0.3 is 14.8 Å². The number of thioether (sulfide) groups is 1. The number of hydrogen-bond donors (Lipinski definition) is 2. The second-order valence-electron chi connectivity index (χ2n) is 6.21. The summed E-state index contributed by atoms with van der Waals surface area (Å²) in [7, 11) is 0. The second-order valence-corrected chi connectivity index (χ2v) is 7.07. The number of rotatable bonds is 7. The highest BCUT2D eigenvalue weighted by Crippen LogP contribution is 2.24. The van der Waals surface area contributed by atoms with Gasteiger partial charge in [-0.05, 0) is 30.2 Å². The van der Waals surface area contributed by atoms with Gasteiger partial charge in [0.1, 0.15) is 5.76 Å². The van der Waals surface area contributed by atoms with Crippen LogP contribution in [0.15, 0.2) is 16.5 Å². The van der Waals surface area contributed by atoms with E-state index >= 15 is 0 Å². The van der Waals surface area contributed by atoms with Crippen molar-refractivity contribution in [3.05, 3.63) is 23.7 Å². The summed E-state index contributed by atoms with van der Waals surface area (Å²) in [6.07, 6.45) is 2.45. The molecule has 0 radical (unpaired) electrons. The molecule has 0 aliphatic rings. The Morgan fingerprint density at radius 1 is 1.38 bits per heavy atom. The van der Waals surface area contributed by atoms with E-state index in [4.69, 9.17) is 4.42 Å². The fourth-order valence-electron chi connectivity index (χ4n) is 2.01. The Labute approximate surface area is 129 Å². The molecule has 1 heterocycles. The van der Waals surface area contributed by atoms with Gasteiger partial charge in [0, 0.05) is 6.54 Å². The SMILES string of the molecule is CSCc1ccc(C(=O)NCC(CC(C)(C)C)C(=O)O)o1. The second kappa shape index (κ2) is 7.54. The van der Waals surface area contributed by atoms with Crippen molar-refractivity contribution < 1.29 is 19.1 Å². The van der Waals surface area contributed by atoms with Crippen molar-refractivity contribution in [2.75, 3.05) is 12.8 Å². The zero-order valence-electron chi connectivity index (χ0n) is 12.9. The Bertz CT molecular complexity index is 490. The first-order valence-electron chi connectivity index (χ1n) is 6.81. The molecule has 0 bridgehead atoms. The molecule has 1 atom stereocenters. The van der Waals surface area contributed by atoms with Gasteiger partial charge in [-0.25, -0.2) is 0 Å². The van der Waals surface area contributed by atoms with Crippen LogP contribution in [-0.4, -0.2) is 29.8 Å². The lowest BCUT2D eigenvalue weighted by atomic mass is 9.84. The van der Waals surface area contributed by atoms with E-state index in [1.165, 1.54) is 0 Å². The molecule has 0 saturated heterocycles. The van der Waals surface area contributed by atoms with Crippen LogP contribution in [-0.2, 0) is 10.5 Å². The van der Waals surface area contributed by atoms with E-state index in [-0.39, 0.29) is 23.6 Å². The van der Waals surface area contributed by atoms with Gasteiger partial charge in [-0.15, -0.1) is 0 Å². The minimum Gasteiger partial charge on any atom is -0.481 e. The van der Waals surface area contributed by atoms with Crippen LogP contribution < -0.4 is 5.32 Å². The molecule has 0 saturated carbocycles. The summed E-state index contributed by atoms with van der Waals surface area (Å²) in [4.78, 5) is 23.2. The van der Waals surface area contributed by atoms with Gasteiger partial charge in [0.2, 0.25) is 0 Å². The molecular weight excluding hydrogens is 290 g/mol. The molecule has 0 aromatic carbocycles. The summed E-state index contributed by atoms with van der Waals surface area (Å²) in [6, 6.07) is 3.37. The van der Waals surface area contributed by atoms with E-state index < -0.39 is 11.9 Å². The minimum absolute atomic E-state index is 0.101. The highest BCUT2D eigenvalue weighted by Gasteiger charge is 2.25. The summed E-state index contributed by atoms with van der Waals surface area (Å²) in [5.41, 5.74) is -0.107. The van der Waals surface area contributed by atoms with E-state index in [0.717, 1.165) is 5.76 Å². The van der Waals surface area contributed by atoms with Crippen LogP contribution in [0.25, 0.3) is 0 Å². The molecule has 1 aromatic heterocycles. The molecule has 0 aliphatic heterocycles. The summed E-state index contributed by atoms with van der Waals surface area (Å²) < 4.78 is 5.40. The van der Waals surface area contributed by atoms with Crippen LogP contribution in [0.1, 0.15) is 43.5 Å². The van der Waals surface area contributed by atoms with Gasteiger partial charge in [0.25, 0.3) is 5.91 Å². The molecule has 6 heteroatoms. The van der Waals surface area contributed by atoms with Crippen molar-refractivity contribution in [3.8, 4) is 0 Å². The maximum Gasteiger partial charge on any atom is 0.308 e. The topological polar surface area (TPSA) is 79.5 Å². The maximum absolute atomic E-state index is 12.0. The Morgan fingerprint density at radius 2 is 2.05 bits per heavy atom. The molecule has 0 aliphatic carbocycles. The van der Waals surface area contributed by atoms with Crippen molar-refractivity contribution in [2.24, 2.45) is 11.3 Å². The molecular formula is C15H23NO4S. The Kier molecular flexibility index (Phi) is 6.33. The number of aliphatic carboxylic acids is 1. The van der Waals surface area contributed by atoms with Crippen molar-refractivity contribution in [1.29, 1.82) is 0 Å². The lowest BCUT2D eigenvalue weighted by molar-refractivity contribution is -0.142. The van der Waals surface area contributed by atoms with Crippen LogP contribution in [0, 0.1) is 11.3 Å². The van der Waals surface area contributed by atoms with Crippen LogP contribution >= 0.6 is 11.8 Å². The number of carboxylic acid groups (broad SMARTS) is 1. The Balaban J connectivity index is 2.58. The minimum atomic E-state index is -0.896. The molecule has 5 nitrogen and oxygen atoms in total. The molecule has 2 N–H and O–H groups in total. The number of nitrogens with one attached hydrogen (secondary N) is 1. The van der Waals surface area contributed by atoms with Gasteiger partial charge in [0.15, 0.2) is 5.76 Å². The third-order valence-corrected chi connectivity index (χ3v) is 3.46. The quantitative estimate of drug-likeness (QED) is 0.809. The van der Waals surface area contributed by atoms with E-state index in [1.807, 2.05) is 27.0 Å². The van der Waals surface area contributed by atoms with E-state index in [1.54, 1.807) is 23.9 Å². The predicted octanol–water partition coefficient (Wildman–Crippen LogP) is 3.01. The summed E-state index contributed by atoms with van der Waals surface area (Å²) in [5.74, 6) is -0.212. The average molecular weight is 313 g/mol. The first-order chi connectivity index (χ1) is 9.73. The Hall–Kier alpha value is -1.43. The van der Waals surface area contributed by atoms with Crippen molar-refractivity contribution in [3.63, 3.8) is 0 Å². The molecule has 0 spiro atoms. The monoisotopic (exact) mass is 313 g/mol. The third-order valence-electron chi connectivity index (χ3n) is 2.89. The zero-order chi connectivity index (χ0) is 16.0. The normalized spacial score (nSPS) is 13.0. The number of amides is 1. The van der Waals surface area contributed by atoms with Gasteiger partial charge >= 0.3 is 5.97 Å². The fraction of sp³-hybridized carbons (Fsp3) is 0.600. The number of carbonyl (C=O) groups is 2. The lowest BCUT2D eigenvalue weighted by Crippen LogP contribution is -2.34. The molecule has 1 rings (SSSR count). The molecule has 0 fully saturated rings. The van der Waals surface area contributed by atoms with Gasteiger partial charge in [-0.3, -0.25) is 9.59 Å². The fourth-order valence-corrected chi connectivity index (χ4v) is 2.45. The van der Waals surface area contributed by atoms with E-state index in [0.29, 0.717) is 12.2 Å². The maximum atomic E-state index is 12.0. The van der Waals surface area contributed by atoms with Crippen molar-refractivity contribution >= 4 is 23.6 Å². The van der Waals surface area contributed by atoms with Crippen LogP contribution in [0.5, 0.6) is 0 Å². The number of carbonyl (C=O) groups excluding carboxylic acids is 1. The van der Waals surface area contributed by atoms with Crippen molar-refractivity contribution in [1.82, 2.24) is 5.32 Å². The summed E-state index contributed by atoms with van der Waals surface area (Å²) in [6.45, 7) is 6.04. The molecule has 1 unspecified atom stereocenters. The zero-order valence-corrected chi connectivity index (χ0v) is 13.8. The predicted molar refractivity (Wildman–Crippen MR) is 83.5 cm³/mol. The van der Waals surface area contributed by atoms with Crippen LogP contribution in [0.3, 0.4) is 0 Å². The van der Waals surface area contributed by atoms with E-state index in [2.05, 4.69) is 5.32 Å². The number of hydrogen-bond acceptors (Lipinski definition) is 4. The summed E-state index contributed by atoms with van der Waals surface area (Å²) >= 11 is 1.61. The largest absolute Gasteiger partial charge is 0.481 e. The Morgan fingerprint density at radius 3 is 2.57 bits per heavy atom. The highest BCUT2D eigenvalue weighted by atomic mass is 32.2. The van der Waals surface area contributed by atoms with E-state index in [9.17, 15) is 14.7 Å². The first-order valence-corrected chi connectivity index (χ1v) is 8.21. The number of furan rings is 1. The van der Waals surface area contributed by atoms with Gasteiger partial charge in [-0.1, -0.05) is 20.8 Å². The molecule has 1 aromatic rings.